The van der Waals surface area contributed by atoms with Crippen LogP contribution in [0, 0.1) is 0 Å². The van der Waals surface area contributed by atoms with Gasteiger partial charge in [-0.05, 0) is 0 Å². The number of carbonyl (C=O) groups is 2. The van der Waals surface area contributed by atoms with Crippen molar-refractivity contribution in [2.75, 3.05) is 35.2 Å². The summed E-state index contributed by atoms with van der Waals surface area (Å²) in [6.45, 7) is 0. The molecule has 0 aromatic carbocycles. The summed E-state index contributed by atoms with van der Waals surface area (Å²) in [5, 5.41) is 0. The van der Waals surface area contributed by atoms with Crippen molar-refractivity contribution in [1.82, 2.24) is 4.90 Å². The quantitative estimate of drug-likeness (QED) is 0.346. The molecule has 0 saturated heterocycles. The standard InChI is InChI=1S/C7H15N2O2/c1-8(2)6(10)7(11)9(3,4)5/h1-5H3/q+1. The topological polar surface area (TPSA) is 37.4 Å². The Morgan fingerprint density at radius 2 is 1.45 bits per heavy atom. The number of amides is 2. The summed E-state index contributed by atoms with van der Waals surface area (Å²) in [6, 6.07) is 0. The lowest BCUT2D eigenvalue weighted by Gasteiger charge is -2.21. The summed E-state index contributed by atoms with van der Waals surface area (Å²) < 4.78 is 0.0387. The van der Waals surface area contributed by atoms with Crippen molar-refractivity contribution in [3.05, 3.63) is 0 Å². The molecule has 0 aliphatic rings. The van der Waals surface area contributed by atoms with E-state index in [1.807, 2.05) is 0 Å². The fourth-order valence-electron chi connectivity index (χ4n) is 0.478. The maximum absolute atomic E-state index is 11.2. The molecule has 0 aliphatic carbocycles. The maximum atomic E-state index is 11.2. The molecule has 0 spiro atoms. The highest BCUT2D eigenvalue weighted by Crippen LogP contribution is 1.94. The van der Waals surface area contributed by atoms with Gasteiger partial charge in [-0.25, -0.2) is 4.79 Å². The summed E-state index contributed by atoms with van der Waals surface area (Å²) in [5.41, 5.74) is 0. The minimum atomic E-state index is -0.461. The molecule has 0 rings (SSSR count). The average molecular weight is 159 g/mol. The average Bonchev–Trinajstić information content (AvgIpc) is 1.82. The minimum Gasteiger partial charge on any atom is -0.337 e. The molecule has 0 heterocycles. The zero-order valence-corrected chi connectivity index (χ0v) is 7.71. The van der Waals surface area contributed by atoms with Crippen molar-refractivity contribution in [2.24, 2.45) is 0 Å². The predicted molar refractivity (Wildman–Crippen MR) is 41.7 cm³/mol. The van der Waals surface area contributed by atoms with Crippen molar-refractivity contribution < 1.29 is 14.1 Å². The molecule has 0 saturated carbocycles. The molecular formula is C7H15N2O2+. The first-order valence-electron chi connectivity index (χ1n) is 3.34. The normalized spacial score (nSPS) is 11.0. The lowest BCUT2D eigenvalue weighted by atomic mass is 10.4. The first-order chi connectivity index (χ1) is 4.76. The second-order valence-electron chi connectivity index (χ2n) is 3.52. The van der Waals surface area contributed by atoms with Gasteiger partial charge in [0, 0.05) is 14.1 Å². The molecule has 0 N–H and O–H groups in total. The molecule has 0 aliphatic heterocycles. The lowest BCUT2D eigenvalue weighted by molar-refractivity contribution is -0.788. The van der Waals surface area contributed by atoms with Crippen LogP contribution in [0.15, 0.2) is 0 Å². The van der Waals surface area contributed by atoms with E-state index in [0.29, 0.717) is 0 Å². The van der Waals surface area contributed by atoms with Gasteiger partial charge in [0.05, 0.1) is 21.1 Å². The molecule has 0 aromatic heterocycles. The highest BCUT2D eigenvalue weighted by molar-refractivity contribution is 6.31. The third kappa shape index (κ3) is 2.67. The Morgan fingerprint density at radius 1 is 1.09 bits per heavy atom. The number of nitrogens with zero attached hydrogens (tertiary/aromatic N) is 2. The number of quaternary nitrogens is 1. The molecular weight excluding hydrogens is 144 g/mol. The van der Waals surface area contributed by atoms with Gasteiger partial charge in [0.1, 0.15) is 0 Å². The third-order valence-corrected chi connectivity index (χ3v) is 1.20. The van der Waals surface area contributed by atoms with Gasteiger partial charge >= 0.3 is 11.8 Å². The maximum Gasteiger partial charge on any atom is 0.403 e. The fraction of sp³-hybridized carbons (Fsp3) is 0.714. The van der Waals surface area contributed by atoms with E-state index in [0.717, 1.165) is 0 Å². The second-order valence-corrected chi connectivity index (χ2v) is 3.52. The molecule has 64 valence electrons. The first-order valence-corrected chi connectivity index (χ1v) is 3.34. The molecule has 0 atom stereocenters. The van der Waals surface area contributed by atoms with Gasteiger partial charge in [-0.1, -0.05) is 0 Å². The van der Waals surface area contributed by atoms with Crippen LogP contribution in [0.25, 0.3) is 0 Å². The summed E-state index contributed by atoms with van der Waals surface area (Å²) in [7, 11) is 8.14. The molecule has 0 bridgehead atoms. The Labute approximate surface area is 67.0 Å². The van der Waals surface area contributed by atoms with Gasteiger partial charge in [-0.3, -0.25) is 9.28 Å². The molecule has 4 heteroatoms. The highest BCUT2D eigenvalue weighted by atomic mass is 16.2. The second kappa shape index (κ2) is 3.00. The van der Waals surface area contributed by atoms with E-state index in [4.69, 9.17) is 0 Å². The van der Waals surface area contributed by atoms with Crippen LogP contribution in [-0.2, 0) is 9.59 Å². The Bertz CT molecular complexity index is 179. The van der Waals surface area contributed by atoms with Crippen LogP contribution in [0.3, 0.4) is 0 Å². The molecule has 4 nitrogen and oxygen atoms in total. The fourth-order valence-corrected chi connectivity index (χ4v) is 0.478. The molecule has 0 unspecified atom stereocenters. The molecule has 0 fully saturated rings. The van der Waals surface area contributed by atoms with Crippen LogP contribution in [0.1, 0.15) is 0 Å². The van der Waals surface area contributed by atoms with Gasteiger partial charge in [0.2, 0.25) is 0 Å². The van der Waals surface area contributed by atoms with E-state index in [9.17, 15) is 9.59 Å². The Hall–Kier alpha value is -0.900. The van der Waals surface area contributed by atoms with E-state index >= 15 is 0 Å². The summed E-state index contributed by atoms with van der Waals surface area (Å²) in [5.74, 6) is -0.868. The zero-order chi connectivity index (χ0) is 9.23. The zero-order valence-electron chi connectivity index (χ0n) is 7.71. The Morgan fingerprint density at radius 3 is 1.55 bits per heavy atom. The van der Waals surface area contributed by atoms with Gasteiger partial charge in [0.25, 0.3) is 0 Å². The van der Waals surface area contributed by atoms with Crippen molar-refractivity contribution >= 4 is 11.8 Å². The minimum absolute atomic E-state index is 0.0387. The third-order valence-electron chi connectivity index (χ3n) is 1.20. The van der Waals surface area contributed by atoms with E-state index in [2.05, 4.69) is 0 Å². The van der Waals surface area contributed by atoms with Crippen LogP contribution in [0.5, 0.6) is 0 Å². The molecule has 2 amide bonds. The number of hydrogen-bond acceptors (Lipinski definition) is 2. The molecule has 0 aromatic rings. The van der Waals surface area contributed by atoms with Gasteiger partial charge < -0.3 is 4.90 Å². The molecule has 11 heavy (non-hydrogen) atoms. The van der Waals surface area contributed by atoms with Crippen LogP contribution >= 0.6 is 0 Å². The summed E-state index contributed by atoms with van der Waals surface area (Å²) >= 11 is 0. The van der Waals surface area contributed by atoms with Crippen molar-refractivity contribution in [3.63, 3.8) is 0 Å². The van der Waals surface area contributed by atoms with Crippen LogP contribution in [0.4, 0.5) is 0 Å². The Balaban J connectivity index is 4.40. The lowest BCUT2D eigenvalue weighted by Crippen LogP contribution is -2.49. The van der Waals surface area contributed by atoms with Gasteiger partial charge in [-0.2, -0.15) is 0 Å². The van der Waals surface area contributed by atoms with Crippen LogP contribution in [0.2, 0.25) is 0 Å². The Kier molecular flexibility index (Phi) is 2.76. The van der Waals surface area contributed by atoms with Gasteiger partial charge in [-0.15, -0.1) is 0 Å². The van der Waals surface area contributed by atoms with Crippen LogP contribution < -0.4 is 0 Å². The number of carbonyl (C=O) groups excluding carboxylic acids is 2. The van der Waals surface area contributed by atoms with Crippen molar-refractivity contribution in [3.8, 4) is 0 Å². The van der Waals surface area contributed by atoms with E-state index in [-0.39, 0.29) is 4.48 Å². The number of rotatable bonds is 0. The smallest absolute Gasteiger partial charge is 0.337 e. The van der Waals surface area contributed by atoms with E-state index in [1.165, 1.54) is 4.90 Å². The monoisotopic (exact) mass is 159 g/mol. The van der Waals surface area contributed by atoms with E-state index < -0.39 is 11.8 Å². The van der Waals surface area contributed by atoms with E-state index in [1.54, 1.807) is 35.2 Å². The van der Waals surface area contributed by atoms with Crippen LogP contribution in [-0.4, -0.2) is 56.4 Å². The highest BCUT2D eigenvalue weighted by Gasteiger charge is 2.30. The largest absolute Gasteiger partial charge is 0.403 e. The number of hydrogen-bond donors (Lipinski definition) is 0. The molecule has 0 radical (unpaired) electrons. The summed E-state index contributed by atoms with van der Waals surface area (Å²) in [6.07, 6.45) is 0. The van der Waals surface area contributed by atoms with Crippen molar-refractivity contribution in [1.29, 1.82) is 0 Å². The predicted octanol–water partition coefficient (Wildman–Crippen LogP) is -0.693. The SMILES string of the molecule is CN(C)C(=O)C(=O)[N+](C)(C)C. The number of likely N-dealkylation sites (N-methyl/N-ethyl adjacent to an activating group) is 2. The van der Waals surface area contributed by atoms with Crippen molar-refractivity contribution in [2.45, 2.75) is 0 Å². The summed E-state index contributed by atoms with van der Waals surface area (Å²) in [4.78, 5) is 23.5. The first kappa shape index (κ1) is 10.1. The van der Waals surface area contributed by atoms with Gasteiger partial charge in [0.15, 0.2) is 0 Å².